The first-order chi connectivity index (χ1) is 47.6. The van der Waals surface area contributed by atoms with E-state index in [4.69, 9.17) is 13.9 Å². The van der Waals surface area contributed by atoms with Crippen molar-refractivity contribution in [3.8, 4) is 11.5 Å². The van der Waals surface area contributed by atoms with Crippen LogP contribution in [0.25, 0.3) is 81.7 Å². The van der Waals surface area contributed by atoms with E-state index in [1.807, 2.05) is 107 Å². The van der Waals surface area contributed by atoms with Crippen LogP contribution in [0, 0.1) is 61.2 Å². The normalized spacial score (nSPS) is 12.7. The molecule has 0 unspecified atom stereocenters. The highest BCUT2D eigenvalue weighted by Gasteiger charge is 2.25. The molecular formula is C69H73FN20O5S5. The predicted molar refractivity (Wildman–Crippen MR) is 399 cm³/mol. The van der Waals surface area contributed by atoms with E-state index in [1.165, 1.54) is 40.0 Å². The number of rotatable bonds is 13. The van der Waals surface area contributed by atoms with Gasteiger partial charge >= 0.3 is 0 Å². The van der Waals surface area contributed by atoms with Crippen LogP contribution in [0.3, 0.4) is 0 Å². The molecule has 15 aromatic rings. The van der Waals surface area contributed by atoms with Crippen LogP contribution in [0.2, 0.25) is 0 Å². The van der Waals surface area contributed by atoms with Crippen LogP contribution in [0.15, 0.2) is 87.9 Å². The fourth-order valence-corrected chi connectivity index (χ4v) is 17.5. The lowest BCUT2D eigenvalue weighted by Crippen LogP contribution is -2.15. The summed E-state index contributed by atoms with van der Waals surface area (Å²) in [5.74, 6) is 5.05. The Labute approximate surface area is 590 Å². The van der Waals surface area contributed by atoms with Crippen LogP contribution in [0.5, 0.6) is 11.5 Å². The van der Waals surface area contributed by atoms with Crippen LogP contribution in [-0.4, -0.2) is 114 Å². The molecule has 100 heavy (non-hydrogen) atoms. The number of sulfone groups is 1. The Morgan fingerprint density at radius 1 is 0.500 bits per heavy atom. The number of nitrogens with one attached hydrogen (secondary N) is 4. The number of benzene rings is 2. The van der Waals surface area contributed by atoms with Crippen molar-refractivity contribution in [1.29, 1.82) is 0 Å². The summed E-state index contributed by atoms with van der Waals surface area (Å²) in [6.45, 7) is 19.8. The van der Waals surface area contributed by atoms with Gasteiger partial charge in [-0.15, -0.1) is 65.7 Å². The highest BCUT2D eigenvalue weighted by atomic mass is 32.2. The molecule has 1 aliphatic carbocycles. The van der Waals surface area contributed by atoms with Gasteiger partial charge in [0, 0.05) is 75.6 Å². The van der Waals surface area contributed by atoms with Crippen LogP contribution in [0.4, 0.5) is 27.7 Å². The number of thiophene rings is 4. The number of hydrogen-bond donors (Lipinski definition) is 4. The van der Waals surface area contributed by atoms with Crippen molar-refractivity contribution in [3.05, 3.63) is 146 Å². The molecule has 17 rings (SSSR count). The van der Waals surface area contributed by atoms with E-state index >= 15 is 0 Å². The number of ether oxygens (including phenoxy) is 2. The average molecular weight is 1440 g/mol. The minimum absolute atomic E-state index is 0. The maximum atomic E-state index is 13.8. The molecule has 2 aromatic carbocycles. The fraction of sp³-hybridized carbons (Fsp3) is 0.304. The van der Waals surface area contributed by atoms with Crippen molar-refractivity contribution < 1.29 is 26.7 Å². The van der Waals surface area contributed by atoms with Crippen LogP contribution < -0.4 is 30.7 Å². The van der Waals surface area contributed by atoms with Crippen molar-refractivity contribution in [2.45, 2.75) is 93.8 Å². The third-order valence-electron chi connectivity index (χ3n) is 17.7. The molecule has 0 spiro atoms. The summed E-state index contributed by atoms with van der Waals surface area (Å²) in [4.78, 5) is 3.42. The lowest BCUT2D eigenvalue weighted by molar-refractivity contribution is 0.171. The predicted octanol–water partition coefficient (Wildman–Crippen LogP) is 14.5. The van der Waals surface area contributed by atoms with Gasteiger partial charge in [0.15, 0.2) is 44.6 Å². The van der Waals surface area contributed by atoms with Crippen molar-refractivity contribution in [2.24, 2.45) is 28.2 Å². The van der Waals surface area contributed by atoms with E-state index in [0.29, 0.717) is 44.2 Å². The third kappa shape index (κ3) is 12.9. The molecule has 0 atom stereocenters. The molecule has 0 saturated heterocycles. The van der Waals surface area contributed by atoms with Gasteiger partial charge in [0.25, 0.3) is 0 Å². The van der Waals surface area contributed by atoms with E-state index in [1.54, 1.807) is 51.0 Å². The molecule has 0 saturated carbocycles. The Morgan fingerprint density at radius 3 is 1.28 bits per heavy atom. The quantitative estimate of drug-likeness (QED) is 0.0834. The Kier molecular flexibility index (Phi) is 18.9. The van der Waals surface area contributed by atoms with Gasteiger partial charge in [-0.1, -0.05) is 37.8 Å². The number of nitrogens with zero attached hydrogens (tertiary/aromatic N) is 16. The Balaban J connectivity index is 0.000000120. The minimum atomic E-state index is -3.63. The topological polar surface area (TPSA) is 288 Å². The van der Waals surface area contributed by atoms with E-state index in [0.717, 1.165) is 175 Å². The first-order valence-electron chi connectivity index (χ1n) is 31.6. The zero-order valence-corrected chi connectivity index (χ0v) is 60.6. The first-order valence-corrected chi connectivity index (χ1v) is 36.8. The number of anilines is 4. The Hall–Kier alpha value is -10.1. The van der Waals surface area contributed by atoms with Crippen molar-refractivity contribution >= 4 is 160 Å². The summed E-state index contributed by atoms with van der Waals surface area (Å²) in [6.07, 6.45) is 10.3. The first kappa shape index (κ1) is 68.4. The molecule has 0 radical (unpaired) electrons. The molecule has 516 valence electrons. The highest BCUT2D eigenvalue weighted by molar-refractivity contribution is 7.90. The molecule has 0 fully saturated rings. The van der Waals surface area contributed by atoms with Crippen LogP contribution in [-0.2, 0) is 57.7 Å². The smallest absolute Gasteiger partial charge is 0.178 e. The summed E-state index contributed by atoms with van der Waals surface area (Å²) in [6, 6.07) is 13.9. The van der Waals surface area contributed by atoms with Gasteiger partial charge in [-0.2, -0.15) is 40.8 Å². The number of allylic oxidation sites excluding steroid dienone is 2. The van der Waals surface area contributed by atoms with E-state index in [2.05, 4.69) is 121 Å². The molecule has 14 heterocycles. The lowest BCUT2D eigenvalue weighted by Gasteiger charge is -2.18. The average Bonchev–Trinajstić information content (AvgIpc) is 1.61. The number of hydrogen-bond acceptors (Lipinski definition) is 25. The largest absolute Gasteiger partial charge is 0.486 e. The minimum Gasteiger partial charge on any atom is -0.486 e. The molecule has 0 bridgehead atoms. The second-order valence-electron chi connectivity index (χ2n) is 24.3. The molecule has 25 nitrogen and oxygen atoms in total. The second-order valence-corrected chi connectivity index (χ2v) is 30.3. The second kappa shape index (κ2) is 27.6. The van der Waals surface area contributed by atoms with Crippen molar-refractivity contribution in [3.63, 3.8) is 0 Å². The van der Waals surface area contributed by atoms with Gasteiger partial charge in [0.1, 0.15) is 49.0 Å². The molecule has 4 N–H and O–H groups in total. The molecule has 2 aliphatic rings. The fourth-order valence-electron chi connectivity index (χ4n) is 12.0. The summed E-state index contributed by atoms with van der Waals surface area (Å²) in [5, 5.41) is 70.7. The van der Waals surface area contributed by atoms with E-state index < -0.39 is 15.7 Å². The number of aryl methyl sites for hydroxylation is 12. The molecular weight excluding hydrogens is 1370 g/mol. The van der Waals surface area contributed by atoms with Gasteiger partial charge in [-0.25, -0.2) is 12.8 Å². The highest BCUT2D eigenvalue weighted by Crippen LogP contribution is 2.43. The SMILES string of the molecule is C.Cc1nnc2sc3c(NCC4=CCC=C4)nn(C)c3c2c1C.Cc1nnc2sc3c(NCc4ccc(F)c(S(C)(=O)=O)c4)nn(C)c3c2c1C.Cc1nnc2sc3c(NCc4ccc5c(c4)OCCO5)nn(C)c3c2c1C.Cc1nnc2sc3c(NCc4ccco4)nn(C)c3c2c1C. The maximum absolute atomic E-state index is 13.8. The van der Waals surface area contributed by atoms with Crippen LogP contribution >= 0.6 is 45.3 Å². The molecule has 0 amide bonds. The maximum Gasteiger partial charge on any atom is 0.178 e. The monoisotopic (exact) mass is 1440 g/mol. The zero-order valence-electron chi connectivity index (χ0n) is 56.5. The van der Waals surface area contributed by atoms with Gasteiger partial charge < -0.3 is 35.2 Å². The number of halogens is 1. The van der Waals surface area contributed by atoms with E-state index in [-0.39, 0.29) is 12.3 Å². The number of aromatic nitrogens is 16. The molecule has 1 aliphatic heterocycles. The van der Waals surface area contributed by atoms with Gasteiger partial charge in [-0.05, 0) is 137 Å². The zero-order chi connectivity index (χ0) is 69.3. The molecule has 31 heteroatoms. The van der Waals surface area contributed by atoms with Gasteiger partial charge in [0.2, 0.25) is 0 Å². The summed E-state index contributed by atoms with van der Waals surface area (Å²) >= 11 is 6.40. The Bertz CT molecular complexity index is 5850. The summed E-state index contributed by atoms with van der Waals surface area (Å²) in [5.41, 5.74) is 15.8. The lowest BCUT2D eigenvalue weighted by atomic mass is 10.1. The number of fused-ring (bicyclic) bond motifs is 13. The van der Waals surface area contributed by atoms with Crippen LogP contribution in [0.1, 0.15) is 75.8 Å². The van der Waals surface area contributed by atoms with Crippen molar-refractivity contribution in [2.75, 3.05) is 47.3 Å². The summed E-state index contributed by atoms with van der Waals surface area (Å²) < 4.78 is 65.8. The summed E-state index contributed by atoms with van der Waals surface area (Å²) in [7, 11) is 4.16. The standard InChI is InChI=1S/C19H19N5O2S.C18H18FN5O2S2.C16H17N5S.C15H15N5OS.CH4/c1-10-11(2)21-22-19-15(10)16-17(27-19)18(23-24(16)3)20-9-12-4-5-13-14(8-12)26-7-6-25-13;1-9-10(2)21-22-18-14(9)15-16(27-18)17(23-24(15)3)20-8-11-5-6-12(19)13(7-11)28(4,25)26;1-9-10(2)18-19-16-12(9)13-14(22-16)15(20-21(13)3)17-8-11-6-4-5-7-11;1-8-9(2)17-18-15-11(8)12-13(22-15)14(19-20(12)3)16-7-10-5-4-6-21-10;/h4-5,8H,6-7,9H2,1-3H3,(H,20,23);5-7H,8H2,1-4H3,(H,20,23);4,6-7H,5,8H2,1-3H3,(H,17,20);4-6H,7H2,1-3H3,(H,16,19);1H4. The Morgan fingerprint density at radius 2 is 0.890 bits per heavy atom. The third-order valence-corrected chi connectivity index (χ3v) is 23.1. The van der Waals surface area contributed by atoms with Crippen molar-refractivity contribution in [1.82, 2.24) is 79.9 Å². The molecule has 13 aromatic heterocycles. The van der Waals surface area contributed by atoms with E-state index in [9.17, 15) is 12.8 Å². The van der Waals surface area contributed by atoms with Gasteiger partial charge in [-0.3, -0.25) is 18.7 Å². The van der Waals surface area contributed by atoms with Gasteiger partial charge in [0.05, 0.1) is 76.5 Å². The number of furan rings is 1.